The maximum atomic E-state index is 13.1. The normalized spacial score (nSPS) is 43.0. The van der Waals surface area contributed by atoms with Crippen molar-refractivity contribution in [2.24, 2.45) is 34.5 Å². The lowest BCUT2D eigenvalue weighted by Crippen LogP contribution is -2.51. The maximum Gasteiger partial charge on any atom is 0.184 e. The van der Waals surface area contributed by atoms with Gasteiger partial charge in [0.25, 0.3) is 0 Å². The SMILES string of the molecule is C[C@]12CCC3C(CCC4=CC(=O)CC[C@@]43C)C1CCC2C(=O)CO[Si](C)(C)C. The summed E-state index contributed by atoms with van der Waals surface area (Å²) in [5.74, 6) is 2.98. The molecule has 0 radical (unpaired) electrons. The topological polar surface area (TPSA) is 43.4 Å². The Bertz CT molecular complexity index is 705. The van der Waals surface area contributed by atoms with Gasteiger partial charge in [-0.05, 0) is 99.2 Å². The van der Waals surface area contributed by atoms with Crippen LogP contribution in [-0.4, -0.2) is 26.5 Å². The largest absolute Gasteiger partial charge is 0.410 e. The van der Waals surface area contributed by atoms with E-state index in [0.29, 0.717) is 30.0 Å². The number of allylic oxidation sites excluding steroid dienone is 1. The van der Waals surface area contributed by atoms with Gasteiger partial charge in [0.05, 0.1) is 6.61 Å². The number of Topliss-reactive ketones (excluding diaryl/α,β-unsaturated/α-hetero) is 1. The molecule has 0 aromatic heterocycles. The van der Waals surface area contributed by atoms with Crippen LogP contribution in [0.1, 0.15) is 65.2 Å². The Hall–Kier alpha value is -0.743. The second kappa shape index (κ2) is 6.90. The van der Waals surface area contributed by atoms with Crippen molar-refractivity contribution in [1.82, 2.24) is 0 Å². The molecule has 0 aromatic carbocycles. The van der Waals surface area contributed by atoms with Gasteiger partial charge in [0, 0.05) is 12.3 Å². The number of hydrogen-bond acceptors (Lipinski definition) is 3. The van der Waals surface area contributed by atoms with E-state index < -0.39 is 8.32 Å². The summed E-state index contributed by atoms with van der Waals surface area (Å²) in [6.07, 6.45) is 10.7. The molecule has 0 bridgehead atoms. The molecule has 4 aliphatic carbocycles. The zero-order valence-corrected chi connectivity index (χ0v) is 19.5. The van der Waals surface area contributed by atoms with Crippen LogP contribution in [0.4, 0.5) is 0 Å². The second-order valence-corrected chi connectivity index (χ2v) is 16.0. The van der Waals surface area contributed by atoms with Crippen molar-refractivity contribution >= 4 is 19.9 Å². The number of ketones is 2. The zero-order valence-electron chi connectivity index (χ0n) is 18.5. The van der Waals surface area contributed by atoms with Crippen LogP contribution in [-0.2, 0) is 14.0 Å². The monoisotopic (exact) mass is 402 g/mol. The molecule has 3 nitrogen and oxygen atoms in total. The highest BCUT2D eigenvalue weighted by Crippen LogP contribution is 2.66. The van der Waals surface area contributed by atoms with Crippen molar-refractivity contribution < 1.29 is 14.0 Å². The Morgan fingerprint density at radius 1 is 1.07 bits per heavy atom. The molecule has 0 aliphatic heterocycles. The van der Waals surface area contributed by atoms with Crippen molar-refractivity contribution in [3.8, 4) is 0 Å². The molecule has 6 atom stereocenters. The first-order chi connectivity index (χ1) is 13.0. The van der Waals surface area contributed by atoms with Crippen LogP contribution in [0.3, 0.4) is 0 Å². The fourth-order valence-electron chi connectivity index (χ4n) is 7.48. The van der Waals surface area contributed by atoms with Crippen molar-refractivity contribution in [3.05, 3.63) is 11.6 Å². The maximum absolute atomic E-state index is 13.1. The molecule has 4 heteroatoms. The molecule has 0 heterocycles. The van der Waals surface area contributed by atoms with E-state index in [2.05, 4.69) is 33.5 Å². The molecule has 0 saturated heterocycles. The minimum Gasteiger partial charge on any atom is -0.410 e. The van der Waals surface area contributed by atoms with Gasteiger partial charge >= 0.3 is 0 Å². The van der Waals surface area contributed by atoms with Gasteiger partial charge < -0.3 is 4.43 Å². The third kappa shape index (κ3) is 3.29. The van der Waals surface area contributed by atoms with Crippen molar-refractivity contribution in [1.29, 1.82) is 0 Å². The van der Waals surface area contributed by atoms with E-state index in [9.17, 15) is 9.59 Å². The predicted molar refractivity (Wildman–Crippen MR) is 115 cm³/mol. The number of hydrogen-bond donors (Lipinski definition) is 0. The summed E-state index contributed by atoms with van der Waals surface area (Å²) in [6, 6.07) is 0. The average Bonchev–Trinajstić information content (AvgIpc) is 2.97. The standard InChI is InChI=1S/C24H38O3Si/c1-23-12-10-17(25)14-16(23)6-7-18-19-8-9-21(22(26)15-27-28(3,4)5)24(19,2)13-11-20(18)23/h14,18-21H,6-13,15H2,1-5H3/t18?,19?,20?,21?,23-,24-/m0/s1. The quantitative estimate of drug-likeness (QED) is 0.579. The summed E-state index contributed by atoms with van der Waals surface area (Å²) in [5, 5.41) is 0. The van der Waals surface area contributed by atoms with E-state index >= 15 is 0 Å². The van der Waals surface area contributed by atoms with Gasteiger partial charge in [0.2, 0.25) is 0 Å². The lowest BCUT2D eigenvalue weighted by Gasteiger charge is -2.58. The molecule has 0 amide bonds. The molecule has 4 unspecified atom stereocenters. The van der Waals surface area contributed by atoms with Gasteiger partial charge in [0.15, 0.2) is 19.9 Å². The van der Waals surface area contributed by atoms with Crippen LogP contribution < -0.4 is 0 Å². The van der Waals surface area contributed by atoms with Gasteiger partial charge in [-0.1, -0.05) is 19.4 Å². The molecule has 0 spiro atoms. The minimum absolute atomic E-state index is 0.156. The van der Waals surface area contributed by atoms with E-state index in [1.54, 1.807) is 0 Å². The van der Waals surface area contributed by atoms with Gasteiger partial charge in [-0.15, -0.1) is 0 Å². The summed E-state index contributed by atoms with van der Waals surface area (Å²) in [5.41, 5.74) is 1.81. The van der Waals surface area contributed by atoms with E-state index in [-0.39, 0.29) is 16.7 Å². The molecule has 3 saturated carbocycles. The molecule has 0 aromatic rings. The number of carbonyl (C=O) groups is 2. The first-order valence-corrected chi connectivity index (χ1v) is 14.9. The van der Waals surface area contributed by atoms with E-state index in [4.69, 9.17) is 4.43 Å². The molecule has 3 fully saturated rings. The van der Waals surface area contributed by atoms with Gasteiger partial charge in [-0.2, -0.15) is 0 Å². The highest BCUT2D eigenvalue weighted by atomic mass is 28.4. The van der Waals surface area contributed by atoms with Crippen molar-refractivity contribution in [2.45, 2.75) is 84.9 Å². The smallest absolute Gasteiger partial charge is 0.184 e. The first kappa shape index (κ1) is 20.5. The van der Waals surface area contributed by atoms with Crippen LogP contribution in [0.5, 0.6) is 0 Å². The number of carbonyl (C=O) groups excluding carboxylic acids is 2. The van der Waals surface area contributed by atoms with Crippen LogP contribution in [0, 0.1) is 34.5 Å². The Kier molecular flexibility index (Phi) is 5.06. The van der Waals surface area contributed by atoms with Crippen LogP contribution in [0.15, 0.2) is 11.6 Å². The molecular weight excluding hydrogens is 364 g/mol. The lowest BCUT2D eigenvalue weighted by atomic mass is 9.46. The summed E-state index contributed by atoms with van der Waals surface area (Å²) in [4.78, 5) is 25.1. The zero-order chi connectivity index (χ0) is 20.3. The number of fused-ring (bicyclic) bond motifs is 5. The van der Waals surface area contributed by atoms with Gasteiger partial charge in [0.1, 0.15) is 0 Å². The molecular formula is C24H38O3Si. The molecule has 156 valence electrons. The number of rotatable bonds is 4. The highest BCUT2D eigenvalue weighted by molar-refractivity contribution is 6.69. The lowest BCUT2D eigenvalue weighted by molar-refractivity contribution is -0.132. The minimum atomic E-state index is -1.66. The first-order valence-electron chi connectivity index (χ1n) is 11.5. The Morgan fingerprint density at radius 2 is 1.82 bits per heavy atom. The fourth-order valence-corrected chi connectivity index (χ4v) is 8.05. The fraction of sp³-hybridized carbons (Fsp3) is 0.833. The van der Waals surface area contributed by atoms with Crippen LogP contribution >= 0.6 is 0 Å². The Morgan fingerprint density at radius 3 is 2.54 bits per heavy atom. The summed E-state index contributed by atoms with van der Waals surface area (Å²) >= 11 is 0. The summed E-state index contributed by atoms with van der Waals surface area (Å²) in [6.45, 7) is 11.7. The van der Waals surface area contributed by atoms with Crippen LogP contribution in [0.2, 0.25) is 19.6 Å². The van der Waals surface area contributed by atoms with E-state index in [1.165, 1.54) is 31.3 Å². The molecule has 4 rings (SSSR count). The molecule has 0 N–H and O–H groups in total. The third-order valence-electron chi connectivity index (χ3n) is 9.00. The predicted octanol–water partition coefficient (Wildman–Crippen LogP) is 5.56. The highest BCUT2D eigenvalue weighted by Gasteiger charge is 2.60. The van der Waals surface area contributed by atoms with E-state index in [0.717, 1.165) is 31.6 Å². The van der Waals surface area contributed by atoms with E-state index in [1.807, 2.05) is 6.08 Å². The Balaban J connectivity index is 1.53. The third-order valence-corrected chi connectivity index (χ3v) is 10.0. The van der Waals surface area contributed by atoms with Crippen LogP contribution in [0.25, 0.3) is 0 Å². The summed E-state index contributed by atoms with van der Waals surface area (Å²) < 4.78 is 5.98. The van der Waals surface area contributed by atoms with Crippen molar-refractivity contribution in [3.63, 3.8) is 0 Å². The second-order valence-electron chi connectivity index (χ2n) is 11.5. The summed E-state index contributed by atoms with van der Waals surface area (Å²) in [7, 11) is -1.66. The average molecular weight is 403 g/mol. The molecule has 28 heavy (non-hydrogen) atoms. The Labute approximate surface area is 171 Å². The molecule has 4 aliphatic rings. The van der Waals surface area contributed by atoms with Crippen molar-refractivity contribution in [2.75, 3.05) is 6.61 Å². The van der Waals surface area contributed by atoms with Gasteiger partial charge in [-0.3, -0.25) is 9.59 Å². The van der Waals surface area contributed by atoms with Gasteiger partial charge in [-0.25, -0.2) is 0 Å².